The maximum Gasteiger partial charge on any atom is 0.223 e. The summed E-state index contributed by atoms with van der Waals surface area (Å²) in [4.78, 5) is 12.5. The molecule has 1 amide bonds. The lowest BCUT2D eigenvalue weighted by Crippen LogP contribution is -2.43. The molecule has 1 heterocycles. The second-order valence-electron chi connectivity index (χ2n) is 7.60. The fourth-order valence-electron chi connectivity index (χ4n) is 3.50. The van der Waals surface area contributed by atoms with Gasteiger partial charge in [0.1, 0.15) is 0 Å². The Balaban J connectivity index is 1.39. The quantitative estimate of drug-likeness (QED) is 0.446. The molecule has 5 nitrogen and oxygen atoms in total. The molecule has 1 fully saturated rings. The van der Waals surface area contributed by atoms with Crippen molar-refractivity contribution in [3.8, 4) is 0 Å². The van der Waals surface area contributed by atoms with E-state index in [1.807, 2.05) is 24.3 Å². The van der Waals surface area contributed by atoms with Crippen LogP contribution in [-0.4, -0.2) is 44.0 Å². The standard InChI is InChI=1S/C22H25Cl3N2O3S2/c23-18-6-4-16(5-7-18)14-31-13-10-26-22(28)17-8-11-27(12-9-17)32(29,30)15-19-20(24)2-1-3-21(19)25/h1-7,17H,8-15H2,(H,26,28). The van der Waals surface area contributed by atoms with Crippen molar-refractivity contribution in [2.45, 2.75) is 24.3 Å². The van der Waals surface area contributed by atoms with Crippen LogP contribution in [0.15, 0.2) is 42.5 Å². The van der Waals surface area contributed by atoms with Crippen molar-refractivity contribution in [2.24, 2.45) is 5.92 Å². The Labute approximate surface area is 208 Å². The molecule has 0 bridgehead atoms. The largest absolute Gasteiger partial charge is 0.355 e. The van der Waals surface area contributed by atoms with E-state index in [0.29, 0.717) is 48.1 Å². The van der Waals surface area contributed by atoms with E-state index in [0.717, 1.165) is 16.5 Å². The molecule has 10 heteroatoms. The molecule has 32 heavy (non-hydrogen) atoms. The highest BCUT2D eigenvalue weighted by atomic mass is 35.5. The van der Waals surface area contributed by atoms with Crippen molar-refractivity contribution >= 4 is 62.5 Å². The number of carbonyl (C=O) groups excluding carboxylic acids is 1. The molecule has 1 N–H and O–H groups in total. The van der Waals surface area contributed by atoms with Gasteiger partial charge in [0.15, 0.2) is 0 Å². The van der Waals surface area contributed by atoms with Gasteiger partial charge in [-0.3, -0.25) is 4.79 Å². The minimum absolute atomic E-state index is 0.0108. The number of hydrogen-bond acceptors (Lipinski definition) is 4. The monoisotopic (exact) mass is 534 g/mol. The lowest BCUT2D eigenvalue weighted by atomic mass is 9.97. The molecule has 1 aliphatic rings. The molecule has 0 radical (unpaired) electrons. The Morgan fingerprint density at radius 2 is 1.66 bits per heavy atom. The molecule has 0 aliphatic carbocycles. The smallest absolute Gasteiger partial charge is 0.223 e. The number of nitrogens with zero attached hydrogens (tertiary/aromatic N) is 1. The van der Waals surface area contributed by atoms with Crippen molar-refractivity contribution < 1.29 is 13.2 Å². The zero-order chi connectivity index (χ0) is 23.1. The molecule has 2 aromatic carbocycles. The lowest BCUT2D eigenvalue weighted by Gasteiger charge is -2.30. The number of thioether (sulfide) groups is 1. The molecule has 0 spiro atoms. The summed E-state index contributed by atoms with van der Waals surface area (Å²) in [6.45, 7) is 1.21. The van der Waals surface area contributed by atoms with Crippen molar-refractivity contribution in [1.29, 1.82) is 0 Å². The molecular weight excluding hydrogens is 511 g/mol. The predicted octanol–water partition coefficient (Wildman–Crippen LogP) is 5.24. The van der Waals surface area contributed by atoms with Crippen LogP contribution < -0.4 is 5.32 Å². The summed E-state index contributed by atoms with van der Waals surface area (Å²) in [5.41, 5.74) is 1.60. The third-order valence-corrected chi connectivity index (χ3v) is 9.13. The second-order valence-corrected chi connectivity index (χ2v) is 11.9. The minimum Gasteiger partial charge on any atom is -0.355 e. The Morgan fingerprint density at radius 3 is 2.28 bits per heavy atom. The summed E-state index contributed by atoms with van der Waals surface area (Å²) in [7, 11) is -3.56. The lowest BCUT2D eigenvalue weighted by molar-refractivity contribution is -0.125. The first-order valence-corrected chi connectivity index (χ1v) is 14.2. The summed E-state index contributed by atoms with van der Waals surface area (Å²) in [6.07, 6.45) is 0.998. The number of piperidine rings is 1. The molecule has 0 atom stereocenters. The number of nitrogens with one attached hydrogen (secondary N) is 1. The van der Waals surface area contributed by atoms with Gasteiger partial charge >= 0.3 is 0 Å². The maximum absolute atomic E-state index is 12.8. The summed E-state index contributed by atoms with van der Waals surface area (Å²) < 4.78 is 27.1. The number of rotatable bonds is 9. The number of amides is 1. The van der Waals surface area contributed by atoms with Crippen LogP contribution in [0, 0.1) is 5.92 Å². The van der Waals surface area contributed by atoms with E-state index >= 15 is 0 Å². The van der Waals surface area contributed by atoms with Gasteiger partial charge in [0, 0.05) is 57.7 Å². The number of benzene rings is 2. The molecule has 2 aromatic rings. The van der Waals surface area contributed by atoms with Crippen LogP contribution in [0.5, 0.6) is 0 Å². The van der Waals surface area contributed by atoms with E-state index in [1.165, 1.54) is 9.87 Å². The van der Waals surface area contributed by atoms with E-state index in [-0.39, 0.29) is 17.6 Å². The normalized spacial score (nSPS) is 15.6. The SMILES string of the molecule is O=C(NCCSCc1ccc(Cl)cc1)C1CCN(S(=O)(=O)Cc2c(Cl)cccc2Cl)CC1. The van der Waals surface area contributed by atoms with Gasteiger partial charge in [-0.1, -0.05) is 53.0 Å². The van der Waals surface area contributed by atoms with E-state index in [9.17, 15) is 13.2 Å². The topological polar surface area (TPSA) is 66.5 Å². The highest BCUT2D eigenvalue weighted by Gasteiger charge is 2.31. The molecule has 3 rings (SSSR count). The predicted molar refractivity (Wildman–Crippen MR) is 134 cm³/mol. The minimum atomic E-state index is -3.56. The van der Waals surface area contributed by atoms with Gasteiger partial charge in [-0.25, -0.2) is 12.7 Å². The molecule has 0 aromatic heterocycles. The van der Waals surface area contributed by atoms with Gasteiger partial charge in [0.05, 0.1) is 5.75 Å². The van der Waals surface area contributed by atoms with Crippen LogP contribution in [0.2, 0.25) is 15.1 Å². The van der Waals surface area contributed by atoms with Crippen LogP contribution in [-0.2, 0) is 26.3 Å². The van der Waals surface area contributed by atoms with Crippen molar-refractivity contribution in [1.82, 2.24) is 9.62 Å². The highest BCUT2D eigenvalue weighted by molar-refractivity contribution is 7.98. The summed E-state index contributed by atoms with van der Waals surface area (Å²) in [5.74, 6) is 1.24. The molecular formula is C22H25Cl3N2O3S2. The van der Waals surface area contributed by atoms with E-state index in [1.54, 1.807) is 30.0 Å². The van der Waals surface area contributed by atoms with E-state index in [2.05, 4.69) is 5.32 Å². The number of sulfonamides is 1. The number of halogens is 3. The fraction of sp³-hybridized carbons (Fsp3) is 0.409. The molecule has 0 unspecified atom stereocenters. The third kappa shape index (κ3) is 7.27. The van der Waals surface area contributed by atoms with Crippen molar-refractivity contribution in [2.75, 3.05) is 25.4 Å². The molecule has 0 saturated carbocycles. The van der Waals surface area contributed by atoms with Gasteiger partial charge < -0.3 is 5.32 Å². The Morgan fingerprint density at radius 1 is 1.03 bits per heavy atom. The first kappa shape index (κ1) is 25.7. The maximum atomic E-state index is 12.8. The Hall–Kier alpha value is -0.960. The third-order valence-electron chi connectivity index (χ3n) is 5.33. The van der Waals surface area contributed by atoms with Crippen LogP contribution in [0.3, 0.4) is 0 Å². The summed E-state index contributed by atoms with van der Waals surface area (Å²) in [5, 5.41) is 4.37. The summed E-state index contributed by atoms with van der Waals surface area (Å²) in [6, 6.07) is 12.7. The number of carbonyl (C=O) groups is 1. The molecule has 1 saturated heterocycles. The summed E-state index contributed by atoms with van der Waals surface area (Å²) >= 11 is 19.9. The molecule has 1 aliphatic heterocycles. The zero-order valence-corrected chi connectivity index (χ0v) is 21.3. The Bertz CT molecular complexity index is 1000. The highest BCUT2D eigenvalue weighted by Crippen LogP contribution is 2.29. The van der Waals surface area contributed by atoms with Crippen LogP contribution in [0.1, 0.15) is 24.0 Å². The van der Waals surface area contributed by atoms with E-state index in [4.69, 9.17) is 34.8 Å². The van der Waals surface area contributed by atoms with Crippen LogP contribution in [0.25, 0.3) is 0 Å². The van der Waals surface area contributed by atoms with Crippen LogP contribution in [0.4, 0.5) is 0 Å². The van der Waals surface area contributed by atoms with Crippen molar-refractivity contribution in [3.63, 3.8) is 0 Å². The first-order valence-electron chi connectivity index (χ1n) is 10.3. The van der Waals surface area contributed by atoms with Gasteiger partial charge in [-0.15, -0.1) is 0 Å². The average Bonchev–Trinajstić information content (AvgIpc) is 2.77. The van der Waals surface area contributed by atoms with Gasteiger partial charge in [-0.2, -0.15) is 11.8 Å². The van der Waals surface area contributed by atoms with Crippen molar-refractivity contribution in [3.05, 3.63) is 68.7 Å². The second kappa shape index (κ2) is 12.0. The van der Waals surface area contributed by atoms with Gasteiger partial charge in [-0.05, 0) is 42.7 Å². The molecule has 174 valence electrons. The average molecular weight is 536 g/mol. The fourth-order valence-corrected chi connectivity index (χ4v) is 6.76. The first-order chi connectivity index (χ1) is 15.3. The zero-order valence-electron chi connectivity index (χ0n) is 17.4. The van der Waals surface area contributed by atoms with Crippen LogP contribution >= 0.6 is 46.6 Å². The number of hydrogen-bond donors (Lipinski definition) is 1. The Kier molecular flexibility index (Phi) is 9.58. The van der Waals surface area contributed by atoms with Gasteiger partial charge in [0.2, 0.25) is 15.9 Å². The van der Waals surface area contributed by atoms with Gasteiger partial charge in [0.25, 0.3) is 0 Å². The van der Waals surface area contributed by atoms with E-state index < -0.39 is 10.0 Å².